The average Bonchev–Trinajstić information content (AvgIpc) is 3.11. The number of halogens is 3. The Balaban J connectivity index is 1.80. The summed E-state index contributed by atoms with van der Waals surface area (Å²) in [6, 6.07) is 5.23. The Kier molecular flexibility index (Phi) is 3.65. The van der Waals surface area contributed by atoms with Gasteiger partial charge in [0.2, 0.25) is 0 Å². The molecule has 0 unspecified atom stereocenters. The first-order valence-corrected chi connectivity index (χ1v) is 8.18. The second-order valence-electron chi connectivity index (χ2n) is 6.33. The number of anilines is 1. The molecule has 0 saturated carbocycles. The van der Waals surface area contributed by atoms with E-state index in [1.165, 1.54) is 12.1 Å². The van der Waals surface area contributed by atoms with Crippen LogP contribution in [0.1, 0.15) is 46.6 Å². The van der Waals surface area contributed by atoms with Gasteiger partial charge in [0, 0.05) is 23.2 Å². The summed E-state index contributed by atoms with van der Waals surface area (Å²) in [4.78, 5) is 12.3. The third kappa shape index (κ3) is 2.58. The van der Waals surface area contributed by atoms with E-state index >= 15 is 0 Å². The van der Waals surface area contributed by atoms with E-state index in [2.05, 4.69) is 11.4 Å². The molecule has 1 aromatic carbocycles. The number of aryl methyl sites for hydroxylation is 1. The number of fused-ring (bicyclic) bond motifs is 2. The van der Waals surface area contributed by atoms with Crippen LogP contribution in [0.5, 0.6) is 0 Å². The summed E-state index contributed by atoms with van der Waals surface area (Å²) in [5, 5.41) is 11.9. The molecule has 1 amide bonds. The predicted molar refractivity (Wildman–Crippen MR) is 88.0 cm³/mol. The molecule has 1 aliphatic heterocycles. The summed E-state index contributed by atoms with van der Waals surface area (Å²) in [5.74, 6) is 0.528. The number of carbonyl (C=O) groups excluding carboxylic acids is 1. The molecule has 2 aromatic rings. The Labute approximate surface area is 146 Å². The van der Waals surface area contributed by atoms with Crippen LogP contribution in [0.25, 0.3) is 11.6 Å². The standard InChI is InChI=1S/C19H13F3N2O2/c20-19(21,22)10-5-6-11-13(18(25)24-15(11)7-10)8-17-14(9-23)12-3-1-2-4-16(12)26-17/h5-8H,1-4H2,(H,24,25). The second kappa shape index (κ2) is 5.77. The number of carbonyl (C=O) groups is 1. The van der Waals surface area contributed by atoms with Crippen LogP contribution in [-0.2, 0) is 23.8 Å². The smallest absolute Gasteiger partial charge is 0.416 e. The highest BCUT2D eigenvalue weighted by Gasteiger charge is 2.34. The quantitative estimate of drug-likeness (QED) is 0.761. The first-order valence-electron chi connectivity index (χ1n) is 8.18. The van der Waals surface area contributed by atoms with Gasteiger partial charge >= 0.3 is 6.18 Å². The van der Waals surface area contributed by atoms with E-state index in [4.69, 9.17) is 4.42 Å². The first kappa shape index (κ1) is 16.5. The highest BCUT2D eigenvalue weighted by atomic mass is 19.4. The first-order chi connectivity index (χ1) is 12.4. The lowest BCUT2D eigenvalue weighted by Crippen LogP contribution is -2.06. The van der Waals surface area contributed by atoms with Crippen LogP contribution >= 0.6 is 0 Å². The van der Waals surface area contributed by atoms with Gasteiger partial charge in [0.15, 0.2) is 0 Å². The SMILES string of the molecule is N#Cc1c(C=C2C(=O)Nc3cc(C(F)(F)F)ccc32)oc2c1CCCC2. The zero-order valence-corrected chi connectivity index (χ0v) is 13.5. The molecule has 0 saturated heterocycles. The lowest BCUT2D eigenvalue weighted by atomic mass is 9.94. The summed E-state index contributed by atoms with van der Waals surface area (Å²) in [6.45, 7) is 0. The molecule has 0 radical (unpaired) electrons. The van der Waals surface area contributed by atoms with Crippen molar-refractivity contribution in [2.45, 2.75) is 31.9 Å². The molecule has 4 rings (SSSR count). The molecule has 0 atom stereocenters. The third-order valence-electron chi connectivity index (χ3n) is 4.72. The fourth-order valence-electron chi connectivity index (χ4n) is 3.46. The molecule has 0 fully saturated rings. The van der Waals surface area contributed by atoms with E-state index in [1.54, 1.807) is 0 Å². The molecule has 132 valence electrons. The number of hydrogen-bond acceptors (Lipinski definition) is 3. The monoisotopic (exact) mass is 358 g/mol. The minimum atomic E-state index is -4.49. The van der Waals surface area contributed by atoms with Gasteiger partial charge in [-0.25, -0.2) is 0 Å². The van der Waals surface area contributed by atoms with E-state index in [-0.39, 0.29) is 17.0 Å². The largest absolute Gasteiger partial charge is 0.460 e. The van der Waals surface area contributed by atoms with Crippen LogP contribution < -0.4 is 5.32 Å². The van der Waals surface area contributed by atoms with Crippen LogP contribution in [0.15, 0.2) is 22.6 Å². The van der Waals surface area contributed by atoms with Gasteiger partial charge in [0.1, 0.15) is 23.2 Å². The lowest BCUT2D eigenvalue weighted by Gasteiger charge is -2.07. The van der Waals surface area contributed by atoms with Crippen LogP contribution in [0.3, 0.4) is 0 Å². The highest BCUT2D eigenvalue weighted by Crippen LogP contribution is 2.39. The number of nitrogens with zero attached hydrogens (tertiary/aromatic N) is 1. The summed E-state index contributed by atoms with van der Waals surface area (Å²) >= 11 is 0. The molecule has 26 heavy (non-hydrogen) atoms. The fourth-order valence-corrected chi connectivity index (χ4v) is 3.46. The third-order valence-corrected chi connectivity index (χ3v) is 4.72. The lowest BCUT2D eigenvalue weighted by molar-refractivity contribution is -0.137. The Bertz CT molecular complexity index is 993. The maximum atomic E-state index is 12.8. The number of rotatable bonds is 1. The summed E-state index contributed by atoms with van der Waals surface area (Å²) in [5.41, 5.74) is 1.10. The maximum absolute atomic E-state index is 12.8. The molecule has 2 heterocycles. The number of hydrogen-bond donors (Lipinski definition) is 1. The number of furan rings is 1. The van der Waals surface area contributed by atoms with Crippen molar-refractivity contribution in [2.75, 3.05) is 5.32 Å². The van der Waals surface area contributed by atoms with Crippen molar-refractivity contribution >= 4 is 23.2 Å². The molecular formula is C19H13F3N2O2. The molecular weight excluding hydrogens is 345 g/mol. The summed E-state index contributed by atoms with van der Waals surface area (Å²) in [6.07, 6.45) is 0.408. The number of alkyl halides is 3. The van der Waals surface area contributed by atoms with E-state index in [0.717, 1.165) is 49.1 Å². The predicted octanol–water partition coefficient (Wildman–Crippen LogP) is 4.54. The summed E-state index contributed by atoms with van der Waals surface area (Å²) < 4.78 is 44.3. The summed E-state index contributed by atoms with van der Waals surface area (Å²) in [7, 11) is 0. The number of nitriles is 1. The van der Waals surface area contributed by atoms with Gasteiger partial charge in [0.25, 0.3) is 5.91 Å². The molecule has 1 aromatic heterocycles. The normalized spacial score (nSPS) is 17.6. The van der Waals surface area contributed by atoms with Crippen molar-refractivity contribution in [1.29, 1.82) is 5.26 Å². The van der Waals surface area contributed by atoms with Gasteiger partial charge in [-0.1, -0.05) is 6.07 Å². The minimum absolute atomic E-state index is 0.103. The molecule has 1 N–H and O–H groups in total. The zero-order chi connectivity index (χ0) is 18.5. The highest BCUT2D eigenvalue weighted by molar-refractivity contribution is 6.34. The van der Waals surface area contributed by atoms with Crippen molar-refractivity contribution in [3.63, 3.8) is 0 Å². The second-order valence-corrected chi connectivity index (χ2v) is 6.33. The molecule has 1 aliphatic carbocycles. The van der Waals surface area contributed by atoms with Crippen LogP contribution in [0.2, 0.25) is 0 Å². The van der Waals surface area contributed by atoms with Gasteiger partial charge in [-0.3, -0.25) is 4.79 Å². The number of benzene rings is 1. The van der Waals surface area contributed by atoms with Crippen LogP contribution in [0, 0.1) is 11.3 Å². The van der Waals surface area contributed by atoms with Crippen molar-refractivity contribution in [2.24, 2.45) is 0 Å². The van der Waals surface area contributed by atoms with Gasteiger partial charge in [-0.05, 0) is 37.5 Å². The van der Waals surface area contributed by atoms with Crippen LogP contribution in [0.4, 0.5) is 18.9 Å². The van der Waals surface area contributed by atoms with Gasteiger partial charge in [0.05, 0.1) is 11.1 Å². The van der Waals surface area contributed by atoms with E-state index < -0.39 is 17.6 Å². The maximum Gasteiger partial charge on any atom is 0.416 e. The average molecular weight is 358 g/mol. The Morgan fingerprint density at radius 1 is 1.23 bits per heavy atom. The van der Waals surface area contributed by atoms with E-state index in [9.17, 15) is 23.2 Å². The Morgan fingerprint density at radius 3 is 2.73 bits per heavy atom. The molecule has 2 aliphatic rings. The number of amides is 1. The van der Waals surface area contributed by atoms with E-state index in [1.807, 2.05) is 0 Å². The van der Waals surface area contributed by atoms with Crippen LogP contribution in [-0.4, -0.2) is 5.91 Å². The molecule has 0 spiro atoms. The van der Waals surface area contributed by atoms with Gasteiger partial charge < -0.3 is 9.73 Å². The fraction of sp³-hybridized carbons (Fsp3) is 0.263. The molecule has 4 nitrogen and oxygen atoms in total. The molecule has 7 heteroatoms. The van der Waals surface area contributed by atoms with Crippen molar-refractivity contribution in [3.8, 4) is 6.07 Å². The van der Waals surface area contributed by atoms with Gasteiger partial charge in [-0.15, -0.1) is 0 Å². The number of nitrogens with one attached hydrogen (secondary N) is 1. The zero-order valence-electron chi connectivity index (χ0n) is 13.5. The van der Waals surface area contributed by atoms with E-state index in [0.29, 0.717) is 11.1 Å². The van der Waals surface area contributed by atoms with Crippen molar-refractivity contribution in [3.05, 3.63) is 52.0 Å². The topological polar surface area (TPSA) is 66.0 Å². The van der Waals surface area contributed by atoms with Crippen molar-refractivity contribution in [1.82, 2.24) is 0 Å². The van der Waals surface area contributed by atoms with Gasteiger partial charge in [-0.2, -0.15) is 18.4 Å². The Morgan fingerprint density at radius 2 is 2.00 bits per heavy atom. The minimum Gasteiger partial charge on any atom is -0.460 e. The van der Waals surface area contributed by atoms with Crippen molar-refractivity contribution < 1.29 is 22.4 Å². The Hall–Kier alpha value is -3.01. The molecule has 0 bridgehead atoms.